The zero-order valence-corrected chi connectivity index (χ0v) is 10.4. The molecule has 0 atom stereocenters. The predicted molar refractivity (Wildman–Crippen MR) is 69.9 cm³/mol. The average Bonchev–Trinajstić information content (AvgIpc) is 2.27. The molecule has 0 aromatic heterocycles. The molecule has 4 heteroatoms. The van der Waals surface area contributed by atoms with Crippen LogP contribution in [0.15, 0.2) is 24.3 Å². The Bertz CT molecular complexity index is 392. The topological polar surface area (TPSA) is 29.3 Å². The van der Waals surface area contributed by atoms with Gasteiger partial charge in [0.15, 0.2) is 0 Å². The smallest absolute Gasteiger partial charge is 0.0693 e. The van der Waals surface area contributed by atoms with E-state index in [-0.39, 0.29) is 0 Å². The van der Waals surface area contributed by atoms with Gasteiger partial charge in [-0.2, -0.15) is 0 Å². The van der Waals surface area contributed by atoms with E-state index >= 15 is 0 Å². The number of halogens is 2. The summed E-state index contributed by atoms with van der Waals surface area (Å²) in [7, 11) is 0. The Labute approximate surface area is 106 Å². The molecule has 86 valence electrons. The van der Waals surface area contributed by atoms with Crippen molar-refractivity contribution in [1.82, 2.24) is 4.90 Å². The van der Waals surface area contributed by atoms with Crippen molar-refractivity contribution in [1.29, 1.82) is 0 Å². The van der Waals surface area contributed by atoms with E-state index in [4.69, 9.17) is 28.9 Å². The molecular weight excluding hydrogens is 243 g/mol. The van der Waals surface area contributed by atoms with Crippen LogP contribution in [0.5, 0.6) is 0 Å². The molecule has 0 radical (unpaired) electrons. The quantitative estimate of drug-likeness (QED) is 0.650. The molecule has 2 rings (SSSR count). The third-order valence-corrected chi connectivity index (χ3v) is 3.31. The number of hydrogen-bond donors (Lipinski definition) is 1. The van der Waals surface area contributed by atoms with Crippen LogP contribution in [0.3, 0.4) is 0 Å². The Kier molecular flexibility index (Phi) is 3.74. The van der Waals surface area contributed by atoms with Crippen molar-refractivity contribution in [2.45, 2.75) is 13.0 Å². The summed E-state index contributed by atoms with van der Waals surface area (Å²) in [6.07, 6.45) is 5.50. The summed E-state index contributed by atoms with van der Waals surface area (Å²) in [4.78, 5) is 2.35. The third-order valence-electron chi connectivity index (χ3n) is 2.69. The Hall–Kier alpha value is -0.700. The maximum Gasteiger partial charge on any atom is 0.0693 e. The van der Waals surface area contributed by atoms with Crippen molar-refractivity contribution in [3.05, 3.63) is 39.9 Å². The molecule has 2 N–H and O–H groups in total. The number of benzene rings is 1. The van der Waals surface area contributed by atoms with Gasteiger partial charge in [-0.3, -0.25) is 4.90 Å². The SMILES string of the molecule is Nc1c(Cl)cc(CN2CC=CCC2)cc1Cl. The van der Waals surface area contributed by atoms with Crippen molar-refractivity contribution in [3.8, 4) is 0 Å². The minimum absolute atomic E-state index is 0.464. The summed E-state index contributed by atoms with van der Waals surface area (Å²) in [6.45, 7) is 2.93. The van der Waals surface area contributed by atoms with Crippen LogP contribution in [-0.2, 0) is 6.54 Å². The van der Waals surface area contributed by atoms with Gasteiger partial charge in [-0.05, 0) is 24.1 Å². The zero-order chi connectivity index (χ0) is 11.5. The molecule has 0 saturated carbocycles. The van der Waals surface area contributed by atoms with Crippen molar-refractivity contribution in [2.24, 2.45) is 0 Å². The third kappa shape index (κ3) is 2.70. The van der Waals surface area contributed by atoms with Crippen molar-refractivity contribution < 1.29 is 0 Å². The second-order valence-electron chi connectivity index (χ2n) is 3.97. The Balaban J connectivity index is 2.12. The van der Waals surface area contributed by atoms with Crippen molar-refractivity contribution in [2.75, 3.05) is 18.8 Å². The van der Waals surface area contributed by atoms with Gasteiger partial charge in [0.25, 0.3) is 0 Å². The fourth-order valence-electron chi connectivity index (χ4n) is 1.82. The Morgan fingerprint density at radius 3 is 2.44 bits per heavy atom. The number of hydrogen-bond acceptors (Lipinski definition) is 2. The van der Waals surface area contributed by atoms with E-state index < -0.39 is 0 Å². The highest BCUT2D eigenvalue weighted by molar-refractivity contribution is 6.38. The molecule has 1 heterocycles. The molecule has 1 aliphatic heterocycles. The molecule has 0 aliphatic carbocycles. The lowest BCUT2D eigenvalue weighted by Gasteiger charge is -2.23. The first-order valence-electron chi connectivity index (χ1n) is 5.27. The minimum atomic E-state index is 0.464. The van der Waals surface area contributed by atoms with E-state index in [2.05, 4.69) is 17.1 Å². The van der Waals surface area contributed by atoms with E-state index in [1.165, 1.54) is 0 Å². The van der Waals surface area contributed by atoms with E-state index in [1.54, 1.807) is 0 Å². The maximum absolute atomic E-state index is 5.99. The molecule has 1 aromatic rings. The molecule has 0 spiro atoms. The minimum Gasteiger partial charge on any atom is -0.396 e. The number of nitrogen functional groups attached to an aromatic ring is 1. The van der Waals surface area contributed by atoms with Gasteiger partial charge < -0.3 is 5.73 Å². The van der Waals surface area contributed by atoms with Gasteiger partial charge in [-0.25, -0.2) is 0 Å². The molecule has 0 bridgehead atoms. The van der Waals surface area contributed by atoms with E-state index in [1.807, 2.05) is 12.1 Å². The molecule has 0 fully saturated rings. The van der Waals surface area contributed by atoms with E-state index in [0.717, 1.165) is 31.6 Å². The second kappa shape index (κ2) is 5.09. The van der Waals surface area contributed by atoms with Crippen LogP contribution in [-0.4, -0.2) is 18.0 Å². The summed E-state index contributed by atoms with van der Waals surface area (Å²) in [6, 6.07) is 3.78. The number of nitrogens with two attached hydrogens (primary N) is 1. The van der Waals surface area contributed by atoms with Crippen LogP contribution < -0.4 is 5.73 Å². The fourth-order valence-corrected chi connectivity index (χ4v) is 2.35. The van der Waals surface area contributed by atoms with E-state index in [9.17, 15) is 0 Å². The highest BCUT2D eigenvalue weighted by Crippen LogP contribution is 2.29. The monoisotopic (exact) mass is 256 g/mol. The average molecular weight is 257 g/mol. The van der Waals surface area contributed by atoms with Gasteiger partial charge in [0.2, 0.25) is 0 Å². The molecule has 16 heavy (non-hydrogen) atoms. The van der Waals surface area contributed by atoms with Gasteiger partial charge in [0.05, 0.1) is 15.7 Å². The molecular formula is C12H14Cl2N2. The maximum atomic E-state index is 5.99. The number of nitrogens with zero attached hydrogens (tertiary/aromatic N) is 1. The molecule has 1 aliphatic rings. The standard InChI is InChI=1S/C12H14Cl2N2/c13-10-6-9(7-11(14)12(10)15)8-16-4-2-1-3-5-16/h1-2,6-7H,3-5,8,15H2. The summed E-state index contributed by atoms with van der Waals surface area (Å²) in [5.41, 5.74) is 7.27. The number of rotatable bonds is 2. The summed E-state index contributed by atoms with van der Waals surface area (Å²) in [5.74, 6) is 0. The largest absolute Gasteiger partial charge is 0.396 e. The van der Waals surface area contributed by atoms with Crippen LogP contribution in [0, 0.1) is 0 Å². The van der Waals surface area contributed by atoms with Gasteiger partial charge >= 0.3 is 0 Å². The van der Waals surface area contributed by atoms with Crippen molar-refractivity contribution >= 4 is 28.9 Å². The molecule has 0 amide bonds. The zero-order valence-electron chi connectivity index (χ0n) is 8.92. The normalized spacial score (nSPS) is 16.6. The van der Waals surface area contributed by atoms with Crippen molar-refractivity contribution in [3.63, 3.8) is 0 Å². The summed E-state index contributed by atoms with van der Waals surface area (Å²) >= 11 is 12.0. The summed E-state index contributed by atoms with van der Waals surface area (Å²) < 4.78 is 0. The Morgan fingerprint density at radius 2 is 1.88 bits per heavy atom. The molecule has 0 saturated heterocycles. The highest BCUT2D eigenvalue weighted by atomic mass is 35.5. The molecule has 1 aromatic carbocycles. The highest BCUT2D eigenvalue weighted by Gasteiger charge is 2.09. The lowest BCUT2D eigenvalue weighted by Crippen LogP contribution is -2.26. The van der Waals surface area contributed by atoms with Gasteiger partial charge in [0.1, 0.15) is 0 Å². The Morgan fingerprint density at radius 1 is 1.19 bits per heavy atom. The number of anilines is 1. The van der Waals surface area contributed by atoms with E-state index in [0.29, 0.717) is 15.7 Å². The first-order valence-corrected chi connectivity index (χ1v) is 6.03. The van der Waals surface area contributed by atoms with Crippen LogP contribution >= 0.6 is 23.2 Å². The van der Waals surface area contributed by atoms with Gasteiger partial charge in [-0.15, -0.1) is 0 Å². The fraction of sp³-hybridized carbons (Fsp3) is 0.333. The molecule has 2 nitrogen and oxygen atoms in total. The van der Waals surface area contributed by atoms with Gasteiger partial charge in [0, 0.05) is 19.6 Å². The van der Waals surface area contributed by atoms with Crippen LogP contribution in [0.25, 0.3) is 0 Å². The predicted octanol–water partition coefficient (Wildman–Crippen LogP) is 3.34. The first kappa shape index (κ1) is 11.8. The lowest BCUT2D eigenvalue weighted by molar-refractivity contribution is 0.291. The van der Waals surface area contributed by atoms with Gasteiger partial charge in [-0.1, -0.05) is 35.4 Å². The van der Waals surface area contributed by atoms with Crippen LogP contribution in [0.1, 0.15) is 12.0 Å². The molecule has 0 unspecified atom stereocenters. The second-order valence-corrected chi connectivity index (χ2v) is 4.78. The lowest BCUT2D eigenvalue weighted by atomic mass is 10.1. The summed E-state index contributed by atoms with van der Waals surface area (Å²) in [5, 5.41) is 1.07. The first-order chi connectivity index (χ1) is 7.66. The van der Waals surface area contributed by atoms with Crippen LogP contribution in [0.4, 0.5) is 5.69 Å². The van der Waals surface area contributed by atoms with Crippen LogP contribution in [0.2, 0.25) is 10.0 Å².